The van der Waals surface area contributed by atoms with Crippen molar-refractivity contribution in [3.05, 3.63) is 39.4 Å². The number of nitrogens with one attached hydrogen (secondary N) is 1. The van der Waals surface area contributed by atoms with Crippen molar-refractivity contribution in [3.8, 4) is 0 Å². The van der Waals surface area contributed by atoms with E-state index in [-0.39, 0.29) is 17.4 Å². The van der Waals surface area contributed by atoms with Crippen molar-refractivity contribution in [1.82, 2.24) is 5.32 Å². The Kier molecular flexibility index (Phi) is 2.89. The molecule has 0 saturated heterocycles. The van der Waals surface area contributed by atoms with Crippen molar-refractivity contribution in [3.63, 3.8) is 0 Å². The molecular formula is C10H9ClN2O3. The van der Waals surface area contributed by atoms with Crippen LogP contribution < -0.4 is 5.32 Å². The Morgan fingerprint density at radius 1 is 1.62 bits per heavy atom. The highest BCUT2D eigenvalue weighted by atomic mass is 35.5. The molecule has 6 heteroatoms. The number of hydrogen-bond acceptors (Lipinski definition) is 4. The summed E-state index contributed by atoms with van der Waals surface area (Å²) in [6.07, 6.45) is 0. The fourth-order valence-electron chi connectivity index (χ4n) is 1.83. The van der Waals surface area contributed by atoms with Crippen LogP contribution in [0, 0.1) is 10.1 Å². The summed E-state index contributed by atoms with van der Waals surface area (Å²) >= 11 is 5.48. The average Bonchev–Trinajstić information content (AvgIpc) is 2.70. The quantitative estimate of drug-likeness (QED) is 0.494. The van der Waals surface area contributed by atoms with Crippen LogP contribution in [-0.4, -0.2) is 16.6 Å². The predicted octanol–water partition coefficient (Wildman–Crippen LogP) is 1.55. The van der Waals surface area contributed by atoms with Crippen molar-refractivity contribution in [2.75, 3.05) is 5.88 Å². The molecule has 1 aromatic carbocycles. The van der Waals surface area contributed by atoms with Gasteiger partial charge in [0.25, 0.3) is 5.69 Å². The number of nitrogens with zero attached hydrogens (tertiary/aromatic N) is 1. The summed E-state index contributed by atoms with van der Waals surface area (Å²) in [5.41, 5.74) is 1.62. The standard InChI is InChI=1S/C10H9ClN2O3/c11-4-9(14)10-8-2-1-7(13(15)16)3-6(8)5-12-10/h1-3,10,12H,4-5H2. The van der Waals surface area contributed by atoms with Gasteiger partial charge in [-0.25, -0.2) is 0 Å². The lowest BCUT2D eigenvalue weighted by molar-refractivity contribution is -0.384. The van der Waals surface area contributed by atoms with E-state index in [2.05, 4.69) is 5.32 Å². The summed E-state index contributed by atoms with van der Waals surface area (Å²) in [5, 5.41) is 13.6. The summed E-state index contributed by atoms with van der Waals surface area (Å²) in [6, 6.07) is 4.08. The first-order valence-electron chi connectivity index (χ1n) is 4.72. The van der Waals surface area contributed by atoms with E-state index in [9.17, 15) is 14.9 Å². The van der Waals surface area contributed by atoms with Crippen molar-refractivity contribution >= 4 is 23.1 Å². The number of benzene rings is 1. The van der Waals surface area contributed by atoms with Crippen LogP contribution in [0.1, 0.15) is 17.2 Å². The molecule has 1 heterocycles. The van der Waals surface area contributed by atoms with Gasteiger partial charge in [-0.1, -0.05) is 0 Å². The molecule has 1 atom stereocenters. The molecule has 0 aromatic heterocycles. The highest BCUT2D eigenvalue weighted by Gasteiger charge is 2.28. The van der Waals surface area contributed by atoms with Gasteiger partial charge in [-0.05, 0) is 17.2 Å². The predicted molar refractivity (Wildman–Crippen MR) is 58.4 cm³/mol. The molecule has 0 bridgehead atoms. The summed E-state index contributed by atoms with van der Waals surface area (Å²) < 4.78 is 0. The van der Waals surface area contributed by atoms with Gasteiger partial charge >= 0.3 is 0 Å². The highest BCUT2D eigenvalue weighted by molar-refractivity contribution is 6.28. The number of carbonyl (C=O) groups excluding carboxylic acids is 1. The molecule has 16 heavy (non-hydrogen) atoms. The van der Waals surface area contributed by atoms with E-state index in [1.165, 1.54) is 12.1 Å². The van der Waals surface area contributed by atoms with E-state index in [4.69, 9.17) is 11.6 Å². The minimum absolute atomic E-state index is 0.0412. The fourth-order valence-corrected chi connectivity index (χ4v) is 1.98. The van der Waals surface area contributed by atoms with Gasteiger partial charge in [0.05, 0.1) is 16.8 Å². The number of carbonyl (C=O) groups is 1. The summed E-state index contributed by atoms with van der Waals surface area (Å²) in [7, 11) is 0. The zero-order valence-electron chi connectivity index (χ0n) is 8.27. The largest absolute Gasteiger partial charge is 0.300 e. The van der Waals surface area contributed by atoms with Crippen LogP contribution in [0.25, 0.3) is 0 Å². The molecule has 5 nitrogen and oxygen atoms in total. The van der Waals surface area contributed by atoms with Crippen LogP contribution in [0.2, 0.25) is 0 Å². The molecule has 2 rings (SSSR count). The van der Waals surface area contributed by atoms with Gasteiger partial charge in [-0.2, -0.15) is 0 Å². The molecule has 0 saturated carbocycles. The molecule has 1 aromatic rings. The number of alkyl halides is 1. The van der Waals surface area contributed by atoms with Crippen molar-refractivity contribution in [1.29, 1.82) is 0 Å². The van der Waals surface area contributed by atoms with Crippen LogP contribution >= 0.6 is 11.6 Å². The number of Topliss-reactive ketones (excluding diaryl/α,β-unsaturated/α-hetero) is 1. The van der Waals surface area contributed by atoms with E-state index in [0.29, 0.717) is 6.54 Å². The lowest BCUT2D eigenvalue weighted by Crippen LogP contribution is -2.22. The average molecular weight is 241 g/mol. The fraction of sp³-hybridized carbons (Fsp3) is 0.300. The highest BCUT2D eigenvalue weighted by Crippen LogP contribution is 2.29. The molecule has 0 fully saturated rings. The molecule has 1 aliphatic rings. The maximum Gasteiger partial charge on any atom is 0.269 e. The van der Waals surface area contributed by atoms with Crippen molar-refractivity contribution in [2.45, 2.75) is 12.6 Å². The van der Waals surface area contributed by atoms with Crippen LogP contribution in [0.15, 0.2) is 18.2 Å². The number of non-ortho nitro benzene ring substituents is 1. The number of fused-ring (bicyclic) bond motifs is 1. The maximum absolute atomic E-state index is 11.5. The Labute approximate surface area is 96.6 Å². The number of hydrogen-bond donors (Lipinski definition) is 1. The van der Waals surface area contributed by atoms with Gasteiger partial charge in [0.2, 0.25) is 0 Å². The SMILES string of the molecule is O=C(CCl)C1NCc2cc([N+](=O)[O-])ccc21. The third-order valence-electron chi connectivity index (χ3n) is 2.60. The zero-order chi connectivity index (χ0) is 11.7. The van der Waals surface area contributed by atoms with E-state index >= 15 is 0 Å². The minimum atomic E-state index is -0.447. The van der Waals surface area contributed by atoms with Crippen LogP contribution in [0.3, 0.4) is 0 Å². The third kappa shape index (κ3) is 1.79. The third-order valence-corrected chi connectivity index (χ3v) is 2.86. The van der Waals surface area contributed by atoms with Gasteiger partial charge in [0, 0.05) is 18.7 Å². The molecular weight excluding hydrogens is 232 g/mol. The molecule has 0 aliphatic carbocycles. The maximum atomic E-state index is 11.5. The summed E-state index contributed by atoms with van der Waals surface area (Å²) in [4.78, 5) is 21.6. The zero-order valence-corrected chi connectivity index (χ0v) is 9.03. The molecule has 0 amide bonds. The molecule has 1 aliphatic heterocycles. The van der Waals surface area contributed by atoms with Crippen LogP contribution in [0.4, 0.5) is 5.69 Å². The van der Waals surface area contributed by atoms with E-state index < -0.39 is 11.0 Å². The lowest BCUT2D eigenvalue weighted by Gasteiger charge is -2.07. The van der Waals surface area contributed by atoms with Crippen LogP contribution in [0.5, 0.6) is 0 Å². The summed E-state index contributed by atoms with van der Waals surface area (Å²) in [5.74, 6) is -0.178. The molecule has 0 spiro atoms. The Bertz CT molecular complexity index is 461. The number of rotatable bonds is 3. The Balaban J connectivity index is 2.36. The number of nitro benzene ring substituents is 1. The number of halogens is 1. The molecule has 0 radical (unpaired) electrons. The number of nitro groups is 1. The topological polar surface area (TPSA) is 72.2 Å². The molecule has 1 N–H and O–H groups in total. The van der Waals surface area contributed by atoms with Gasteiger partial charge < -0.3 is 0 Å². The normalized spacial score (nSPS) is 18.2. The first-order valence-corrected chi connectivity index (χ1v) is 5.26. The Morgan fingerprint density at radius 2 is 2.38 bits per heavy atom. The lowest BCUT2D eigenvalue weighted by atomic mass is 10.0. The molecule has 1 unspecified atom stereocenters. The first-order chi connectivity index (χ1) is 7.63. The second kappa shape index (κ2) is 4.19. The van der Waals surface area contributed by atoms with E-state index in [0.717, 1.165) is 11.1 Å². The second-order valence-electron chi connectivity index (χ2n) is 3.55. The van der Waals surface area contributed by atoms with Crippen molar-refractivity contribution in [2.24, 2.45) is 0 Å². The van der Waals surface area contributed by atoms with Gasteiger partial charge in [0.1, 0.15) is 0 Å². The van der Waals surface area contributed by atoms with Gasteiger partial charge in [-0.15, -0.1) is 11.6 Å². The summed E-state index contributed by atoms with van der Waals surface area (Å²) in [6.45, 7) is 0.463. The van der Waals surface area contributed by atoms with Gasteiger partial charge in [0.15, 0.2) is 5.78 Å². The van der Waals surface area contributed by atoms with Gasteiger partial charge in [-0.3, -0.25) is 20.2 Å². The molecule has 84 valence electrons. The second-order valence-corrected chi connectivity index (χ2v) is 3.82. The smallest absolute Gasteiger partial charge is 0.269 e. The van der Waals surface area contributed by atoms with Crippen molar-refractivity contribution < 1.29 is 9.72 Å². The minimum Gasteiger partial charge on any atom is -0.300 e. The number of ketones is 1. The first kappa shape index (κ1) is 11.0. The Hall–Kier alpha value is -1.46. The Morgan fingerprint density at radius 3 is 3.00 bits per heavy atom. The van der Waals surface area contributed by atoms with E-state index in [1.807, 2.05) is 0 Å². The van der Waals surface area contributed by atoms with E-state index in [1.54, 1.807) is 6.07 Å². The van der Waals surface area contributed by atoms with Crippen LogP contribution in [-0.2, 0) is 11.3 Å². The monoisotopic (exact) mass is 240 g/mol.